The number of hydrogen-bond acceptors (Lipinski definition) is 7. The number of hydrogen-bond donors (Lipinski definition) is 2. The molecule has 2 aromatic heterocycles. The molecule has 0 aliphatic carbocycles. The smallest absolute Gasteiger partial charge is 0.251 e. The summed E-state index contributed by atoms with van der Waals surface area (Å²) in [5.74, 6) is 0.440. The molecular weight excluding hydrogens is 476 g/mol. The third-order valence-electron chi connectivity index (χ3n) is 5.53. The van der Waals surface area contributed by atoms with Gasteiger partial charge in [-0.05, 0) is 72.0 Å². The van der Waals surface area contributed by atoms with Crippen molar-refractivity contribution in [3.63, 3.8) is 0 Å². The number of amides is 1. The summed E-state index contributed by atoms with van der Waals surface area (Å²) in [4.78, 5) is 34.6. The first-order valence-electron chi connectivity index (χ1n) is 11.2. The van der Waals surface area contributed by atoms with Crippen LogP contribution >= 0.6 is 23.1 Å². The molecule has 1 amide bonds. The molecule has 8 heteroatoms. The number of nitrogens with zero attached hydrogens (tertiary/aromatic N) is 2. The maximum absolute atomic E-state index is 13.1. The van der Waals surface area contributed by atoms with Crippen LogP contribution in [0.2, 0.25) is 0 Å². The van der Waals surface area contributed by atoms with Gasteiger partial charge in [0.15, 0.2) is 5.78 Å². The Labute approximate surface area is 213 Å². The number of carbonyl (C=O) groups is 2. The third-order valence-corrected chi connectivity index (χ3v) is 7.02. The van der Waals surface area contributed by atoms with Crippen molar-refractivity contribution in [3.8, 4) is 22.4 Å². The first kappa shape index (κ1) is 24.6. The highest BCUT2D eigenvalue weighted by Gasteiger charge is 2.22. The lowest BCUT2D eigenvalue weighted by Gasteiger charge is -2.17. The largest absolute Gasteiger partial charge is 0.399 e. The Morgan fingerprint density at radius 2 is 1.77 bits per heavy atom. The number of thiazole rings is 1. The molecule has 0 bridgehead atoms. The first-order chi connectivity index (χ1) is 17.0. The van der Waals surface area contributed by atoms with Crippen LogP contribution < -0.4 is 11.1 Å². The van der Waals surface area contributed by atoms with Crippen molar-refractivity contribution < 1.29 is 9.59 Å². The number of nitrogens with two attached hydrogens (primary N) is 1. The van der Waals surface area contributed by atoms with Crippen LogP contribution in [0.15, 0.2) is 78.4 Å². The summed E-state index contributed by atoms with van der Waals surface area (Å²) in [5.41, 5.74) is 10.8. The minimum Gasteiger partial charge on any atom is -0.399 e. The van der Waals surface area contributed by atoms with Gasteiger partial charge in [-0.1, -0.05) is 18.2 Å². The number of Topliss-reactive ketones (excluding diaryl/α,β-unsaturated/α-hetero) is 1. The van der Waals surface area contributed by atoms with Gasteiger partial charge < -0.3 is 11.1 Å². The molecule has 4 rings (SSSR count). The van der Waals surface area contributed by atoms with Gasteiger partial charge in [0, 0.05) is 34.6 Å². The van der Waals surface area contributed by atoms with Crippen LogP contribution in [0.1, 0.15) is 21.8 Å². The second kappa shape index (κ2) is 11.8. The molecule has 0 saturated heterocycles. The first-order valence-corrected chi connectivity index (χ1v) is 13.4. The molecule has 0 aliphatic rings. The molecule has 4 aromatic rings. The van der Waals surface area contributed by atoms with Gasteiger partial charge in [0.1, 0.15) is 5.01 Å². The molecule has 0 radical (unpaired) electrons. The van der Waals surface area contributed by atoms with Gasteiger partial charge in [0.25, 0.3) is 5.91 Å². The van der Waals surface area contributed by atoms with E-state index in [1.54, 1.807) is 48.4 Å². The second-order valence-corrected chi connectivity index (χ2v) is 9.94. The van der Waals surface area contributed by atoms with Crippen molar-refractivity contribution in [1.82, 2.24) is 15.3 Å². The van der Waals surface area contributed by atoms with Crippen LogP contribution in [0.3, 0.4) is 0 Å². The summed E-state index contributed by atoms with van der Waals surface area (Å²) in [6, 6.07) is 18.2. The fourth-order valence-electron chi connectivity index (χ4n) is 3.62. The maximum Gasteiger partial charge on any atom is 0.251 e. The zero-order valence-corrected chi connectivity index (χ0v) is 20.9. The minimum absolute atomic E-state index is 0.0470. The van der Waals surface area contributed by atoms with E-state index in [4.69, 9.17) is 10.7 Å². The Balaban J connectivity index is 1.46. The van der Waals surface area contributed by atoms with E-state index in [1.165, 1.54) is 11.3 Å². The van der Waals surface area contributed by atoms with E-state index >= 15 is 0 Å². The number of anilines is 1. The Kier molecular flexibility index (Phi) is 8.28. The van der Waals surface area contributed by atoms with Crippen LogP contribution in [0.4, 0.5) is 5.69 Å². The number of thioether (sulfide) groups is 1. The second-order valence-electron chi connectivity index (χ2n) is 8.02. The van der Waals surface area contributed by atoms with Gasteiger partial charge in [-0.2, -0.15) is 11.8 Å². The normalized spacial score (nSPS) is 11.7. The number of benzene rings is 2. The van der Waals surface area contributed by atoms with E-state index < -0.39 is 6.04 Å². The fraction of sp³-hybridized carbons (Fsp3) is 0.185. The van der Waals surface area contributed by atoms with Crippen molar-refractivity contribution in [2.24, 2.45) is 0 Å². The summed E-state index contributed by atoms with van der Waals surface area (Å²) >= 11 is 3.10. The minimum atomic E-state index is -0.574. The van der Waals surface area contributed by atoms with Gasteiger partial charge in [-0.25, -0.2) is 4.98 Å². The molecule has 178 valence electrons. The zero-order valence-electron chi connectivity index (χ0n) is 19.3. The fourth-order valence-corrected chi connectivity index (χ4v) is 4.91. The van der Waals surface area contributed by atoms with Crippen LogP contribution in [0, 0.1) is 0 Å². The van der Waals surface area contributed by atoms with Crippen LogP contribution in [0.5, 0.6) is 0 Å². The molecule has 2 aromatic carbocycles. The number of carbonyl (C=O) groups excluding carboxylic acids is 2. The summed E-state index contributed by atoms with van der Waals surface area (Å²) in [6.07, 6.45) is 6.27. The molecular formula is C27H26N4O2S2. The summed E-state index contributed by atoms with van der Waals surface area (Å²) in [6.45, 7) is 0. The lowest BCUT2D eigenvalue weighted by atomic mass is 10.0. The molecule has 0 unspecified atom stereocenters. The van der Waals surface area contributed by atoms with Crippen molar-refractivity contribution >= 4 is 40.5 Å². The van der Waals surface area contributed by atoms with Crippen molar-refractivity contribution in [3.05, 3.63) is 89.0 Å². The van der Waals surface area contributed by atoms with E-state index in [-0.39, 0.29) is 18.1 Å². The Morgan fingerprint density at radius 1 is 1.03 bits per heavy atom. The van der Waals surface area contributed by atoms with Crippen LogP contribution in [0.25, 0.3) is 22.4 Å². The summed E-state index contributed by atoms with van der Waals surface area (Å²) in [7, 11) is 0. The number of nitrogen functional groups attached to an aromatic ring is 1. The molecule has 0 saturated carbocycles. The van der Waals surface area contributed by atoms with Crippen molar-refractivity contribution in [2.75, 3.05) is 17.7 Å². The average Bonchev–Trinajstić information content (AvgIpc) is 3.36. The number of ketones is 1. The molecule has 3 N–H and O–H groups in total. The van der Waals surface area contributed by atoms with Gasteiger partial charge in [0.05, 0.1) is 18.2 Å². The molecule has 0 aliphatic heterocycles. The van der Waals surface area contributed by atoms with Gasteiger partial charge >= 0.3 is 0 Å². The maximum atomic E-state index is 13.1. The van der Waals surface area contributed by atoms with E-state index in [1.807, 2.05) is 35.9 Å². The number of pyridine rings is 1. The monoisotopic (exact) mass is 502 g/mol. The molecule has 2 heterocycles. The topological polar surface area (TPSA) is 98.0 Å². The van der Waals surface area contributed by atoms with Gasteiger partial charge in [0.2, 0.25) is 0 Å². The molecule has 6 nitrogen and oxygen atoms in total. The average molecular weight is 503 g/mol. The van der Waals surface area contributed by atoms with E-state index in [9.17, 15) is 9.59 Å². The SMILES string of the molecule is CSCC[C@H](NC(=O)c1ccc(N)cc1)C(=O)Cc1nc(-c2cccc(-c3ccncc3)c2)cs1. The van der Waals surface area contributed by atoms with E-state index in [0.717, 1.165) is 33.1 Å². The van der Waals surface area contributed by atoms with E-state index in [0.29, 0.717) is 17.7 Å². The quantitative estimate of drug-likeness (QED) is 0.292. The summed E-state index contributed by atoms with van der Waals surface area (Å²) < 4.78 is 0. The molecule has 1 atom stereocenters. The van der Waals surface area contributed by atoms with Crippen LogP contribution in [-0.2, 0) is 11.2 Å². The standard InChI is InChI=1S/C27H26N4O2S2/c1-34-14-11-23(31-27(33)19-5-7-22(28)8-6-19)25(32)16-26-30-24(17-35-26)21-4-2-3-20(15-21)18-9-12-29-13-10-18/h2-10,12-13,15,17,23H,11,14,16,28H2,1H3,(H,31,33)/t23-/m0/s1. The lowest BCUT2D eigenvalue weighted by Crippen LogP contribution is -2.42. The zero-order chi connectivity index (χ0) is 24.6. The number of aromatic nitrogens is 2. The highest BCUT2D eigenvalue weighted by Crippen LogP contribution is 2.27. The Morgan fingerprint density at radius 3 is 2.51 bits per heavy atom. The van der Waals surface area contributed by atoms with Crippen molar-refractivity contribution in [1.29, 1.82) is 0 Å². The predicted octanol–water partition coefficient (Wildman–Crippen LogP) is 5.12. The predicted molar refractivity (Wildman–Crippen MR) is 145 cm³/mol. The highest BCUT2D eigenvalue weighted by atomic mass is 32.2. The van der Waals surface area contributed by atoms with Crippen molar-refractivity contribution in [2.45, 2.75) is 18.9 Å². The van der Waals surface area contributed by atoms with Crippen LogP contribution in [-0.4, -0.2) is 39.7 Å². The summed E-state index contributed by atoms with van der Waals surface area (Å²) in [5, 5.41) is 5.60. The van der Waals surface area contributed by atoms with Gasteiger partial charge in [-0.3, -0.25) is 14.6 Å². The Bertz CT molecular complexity index is 1290. The number of rotatable bonds is 10. The highest BCUT2D eigenvalue weighted by molar-refractivity contribution is 7.98. The Hall–Kier alpha value is -3.49. The molecule has 0 fully saturated rings. The van der Waals surface area contributed by atoms with E-state index in [2.05, 4.69) is 22.4 Å². The third kappa shape index (κ3) is 6.55. The lowest BCUT2D eigenvalue weighted by molar-refractivity contribution is -0.120. The molecule has 0 spiro atoms. The van der Waals surface area contributed by atoms with Gasteiger partial charge in [-0.15, -0.1) is 11.3 Å². The number of nitrogens with one attached hydrogen (secondary N) is 1. The molecule has 35 heavy (non-hydrogen) atoms.